The zero-order valence-corrected chi connectivity index (χ0v) is 9.77. The topological polar surface area (TPSA) is 12.0 Å². The molecule has 80 valence electrons. The van der Waals surface area contributed by atoms with Crippen molar-refractivity contribution < 1.29 is 0 Å². The molecule has 2 unspecified atom stereocenters. The molecule has 0 amide bonds. The van der Waals surface area contributed by atoms with Crippen LogP contribution in [0.15, 0.2) is 0 Å². The van der Waals surface area contributed by atoms with Crippen LogP contribution in [-0.2, 0) is 0 Å². The van der Waals surface area contributed by atoms with Crippen LogP contribution in [0.3, 0.4) is 0 Å². The van der Waals surface area contributed by atoms with E-state index in [1.807, 2.05) is 0 Å². The molecule has 1 nitrogen and oxygen atoms in total. The van der Waals surface area contributed by atoms with Gasteiger partial charge in [-0.1, -0.05) is 39.5 Å². The van der Waals surface area contributed by atoms with Crippen LogP contribution in [0.5, 0.6) is 0 Å². The summed E-state index contributed by atoms with van der Waals surface area (Å²) in [5.74, 6) is 2.83. The van der Waals surface area contributed by atoms with E-state index < -0.39 is 0 Å². The van der Waals surface area contributed by atoms with Gasteiger partial charge in [0.1, 0.15) is 0 Å². The van der Waals surface area contributed by atoms with Gasteiger partial charge in [0.05, 0.1) is 6.04 Å². The number of nitrogens with one attached hydrogen (secondary N) is 1. The van der Waals surface area contributed by atoms with Crippen molar-refractivity contribution >= 4 is 0 Å². The summed E-state index contributed by atoms with van der Waals surface area (Å²) in [5.41, 5.74) is 0.419. The average molecular weight is 193 g/mol. The van der Waals surface area contributed by atoms with E-state index in [1.165, 1.54) is 25.7 Å². The Kier molecular flexibility index (Phi) is 4.01. The van der Waals surface area contributed by atoms with Gasteiger partial charge in [-0.15, -0.1) is 6.42 Å². The molecule has 1 fully saturated rings. The second kappa shape index (κ2) is 4.84. The van der Waals surface area contributed by atoms with E-state index in [2.05, 4.69) is 32.0 Å². The molecule has 1 heteroatoms. The number of terminal acetylenes is 1. The Hall–Kier alpha value is -0.480. The van der Waals surface area contributed by atoms with Gasteiger partial charge in [0, 0.05) is 6.04 Å². The van der Waals surface area contributed by atoms with Gasteiger partial charge in [0.25, 0.3) is 0 Å². The van der Waals surface area contributed by atoms with Crippen molar-refractivity contribution in [2.75, 3.05) is 0 Å². The summed E-state index contributed by atoms with van der Waals surface area (Å²) in [5, 5.41) is 3.61. The molecule has 1 aliphatic carbocycles. The van der Waals surface area contributed by atoms with Crippen LogP contribution >= 0.6 is 0 Å². The number of hydrogen-bond acceptors (Lipinski definition) is 1. The third-order valence-corrected chi connectivity index (χ3v) is 3.52. The first-order chi connectivity index (χ1) is 6.60. The maximum absolute atomic E-state index is 5.48. The monoisotopic (exact) mass is 193 g/mol. The molecule has 1 N–H and O–H groups in total. The first kappa shape index (κ1) is 11.6. The van der Waals surface area contributed by atoms with Crippen LogP contribution in [0.1, 0.15) is 52.9 Å². The first-order valence-corrected chi connectivity index (χ1v) is 5.82. The standard InChI is InChI=1S/C13H23N/c1-5-11(6-2)14-12-9-7-8-10-13(12,3)4/h1,11-12,14H,6-10H2,2-4H3. The molecule has 0 bridgehead atoms. The van der Waals surface area contributed by atoms with Crippen LogP contribution in [0, 0.1) is 17.8 Å². The van der Waals surface area contributed by atoms with Gasteiger partial charge >= 0.3 is 0 Å². The highest BCUT2D eigenvalue weighted by atomic mass is 15.0. The molecule has 0 aromatic carbocycles. The van der Waals surface area contributed by atoms with E-state index >= 15 is 0 Å². The Morgan fingerprint density at radius 1 is 1.50 bits per heavy atom. The molecule has 1 rings (SSSR count). The fraction of sp³-hybridized carbons (Fsp3) is 0.846. The van der Waals surface area contributed by atoms with Crippen molar-refractivity contribution in [3.05, 3.63) is 0 Å². The van der Waals surface area contributed by atoms with Gasteiger partial charge in [0.2, 0.25) is 0 Å². The Morgan fingerprint density at radius 2 is 2.21 bits per heavy atom. The minimum absolute atomic E-state index is 0.261. The summed E-state index contributed by atoms with van der Waals surface area (Å²) >= 11 is 0. The van der Waals surface area contributed by atoms with Crippen LogP contribution in [0.2, 0.25) is 0 Å². The molecular weight excluding hydrogens is 170 g/mol. The minimum atomic E-state index is 0.261. The second-order valence-corrected chi connectivity index (χ2v) is 5.08. The molecule has 0 radical (unpaired) electrons. The Morgan fingerprint density at radius 3 is 2.71 bits per heavy atom. The molecule has 0 heterocycles. The van der Waals surface area contributed by atoms with E-state index in [1.54, 1.807) is 0 Å². The second-order valence-electron chi connectivity index (χ2n) is 5.08. The van der Waals surface area contributed by atoms with Crippen LogP contribution < -0.4 is 5.32 Å². The van der Waals surface area contributed by atoms with Gasteiger partial charge in [-0.2, -0.15) is 0 Å². The lowest BCUT2D eigenvalue weighted by molar-refractivity contribution is 0.161. The fourth-order valence-electron chi connectivity index (χ4n) is 2.33. The lowest BCUT2D eigenvalue weighted by Gasteiger charge is -2.40. The predicted molar refractivity (Wildman–Crippen MR) is 62.1 cm³/mol. The molecule has 1 saturated carbocycles. The van der Waals surface area contributed by atoms with Gasteiger partial charge in [-0.3, -0.25) is 0 Å². The highest BCUT2D eigenvalue weighted by molar-refractivity contribution is 5.01. The molecule has 1 aliphatic rings. The van der Waals surface area contributed by atoms with Crippen LogP contribution in [0.4, 0.5) is 0 Å². The predicted octanol–water partition coefficient (Wildman–Crippen LogP) is 2.96. The largest absolute Gasteiger partial charge is 0.300 e. The van der Waals surface area contributed by atoms with Crippen molar-refractivity contribution in [2.24, 2.45) is 5.41 Å². The summed E-state index contributed by atoms with van der Waals surface area (Å²) in [4.78, 5) is 0. The lowest BCUT2D eigenvalue weighted by Crippen LogP contribution is -2.48. The van der Waals surface area contributed by atoms with Crippen molar-refractivity contribution in [1.82, 2.24) is 5.32 Å². The summed E-state index contributed by atoms with van der Waals surface area (Å²) < 4.78 is 0. The molecule has 0 spiro atoms. The number of rotatable bonds is 3. The zero-order chi connectivity index (χ0) is 10.6. The maximum Gasteiger partial charge on any atom is 0.0686 e. The third-order valence-electron chi connectivity index (χ3n) is 3.52. The average Bonchev–Trinajstić information content (AvgIpc) is 2.16. The Bertz CT molecular complexity index is 212. The lowest BCUT2D eigenvalue weighted by atomic mass is 9.73. The van der Waals surface area contributed by atoms with Crippen molar-refractivity contribution in [1.29, 1.82) is 0 Å². The third kappa shape index (κ3) is 2.75. The first-order valence-electron chi connectivity index (χ1n) is 5.82. The normalized spacial score (nSPS) is 28.0. The SMILES string of the molecule is C#CC(CC)NC1CCCCC1(C)C. The highest BCUT2D eigenvalue weighted by Gasteiger charge is 2.32. The molecule has 0 saturated heterocycles. The minimum Gasteiger partial charge on any atom is -0.300 e. The number of hydrogen-bond donors (Lipinski definition) is 1. The van der Waals surface area contributed by atoms with Gasteiger partial charge in [-0.05, 0) is 24.7 Å². The Labute approximate surface area is 88.7 Å². The summed E-state index contributed by atoms with van der Waals surface area (Å²) in [6.07, 6.45) is 11.8. The van der Waals surface area contributed by atoms with E-state index in [9.17, 15) is 0 Å². The fourth-order valence-corrected chi connectivity index (χ4v) is 2.33. The van der Waals surface area contributed by atoms with E-state index in [4.69, 9.17) is 6.42 Å². The van der Waals surface area contributed by atoms with Gasteiger partial charge in [-0.25, -0.2) is 0 Å². The molecule has 2 atom stereocenters. The van der Waals surface area contributed by atoms with Gasteiger partial charge in [0.15, 0.2) is 0 Å². The quantitative estimate of drug-likeness (QED) is 0.680. The smallest absolute Gasteiger partial charge is 0.0686 e. The molecule has 0 aromatic rings. The Balaban J connectivity index is 2.53. The molecule has 14 heavy (non-hydrogen) atoms. The van der Waals surface area contributed by atoms with E-state index in [0.717, 1.165) is 6.42 Å². The summed E-state index contributed by atoms with van der Waals surface area (Å²) in [6.45, 7) is 6.85. The van der Waals surface area contributed by atoms with Gasteiger partial charge < -0.3 is 5.32 Å². The van der Waals surface area contributed by atoms with Crippen molar-refractivity contribution in [3.8, 4) is 12.3 Å². The van der Waals surface area contributed by atoms with E-state index in [-0.39, 0.29) is 6.04 Å². The van der Waals surface area contributed by atoms with E-state index in [0.29, 0.717) is 11.5 Å². The van der Waals surface area contributed by atoms with Crippen molar-refractivity contribution in [3.63, 3.8) is 0 Å². The summed E-state index contributed by atoms with van der Waals surface area (Å²) in [7, 11) is 0. The van der Waals surface area contributed by atoms with Crippen molar-refractivity contribution in [2.45, 2.75) is 65.0 Å². The maximum atomic E-state index is 5.48. The van der Waals surface area contributed by atoms with Crippen LogP contribution in [0.25, 0.3) is 0 Å². The molecule has 0 aliphatic heterocycles. The highest BCUT2D eigenvalue weighted by Crippen LogP contribution is 2.35. The molecular formula is C13H23N. The summed E-state index contributed by atoms with van der Waals surface area (Å²) in [6, 6.07) is 0.870. The zero-order valence-electron chi connectivity index (χ0n) is 9.77. The molecule has 0 aromatic heterocycles. The van der Waals surface area contributed by atoms with Crippen LogP contribution in [-0.4, -0.2) is 12.1 Å².